The second-order valence-electron chi connectivity index (χ2n) is 6.82. The van der Waals surface area contributed by atoms with Crippen LogP contribution in [0.15, 0.2) is 16.5 Å². The van der Waals surface area contributed by atoms with Crippen molar-refractivity contribution in [3.05, 3.63) is 23.7 Å². The second kappa shape index (κ2) is 6.74. The van der Waals surface area contributed by atoms with Crippen LogP contribution in [0.4, 0.5) is 0 Å². The number of rotatable bonds is 6. The second-order valence-corrected chi connectivity index (χ2v) is 6.82. The molecule has 4 nitrogen and oxygen atoms in total. The summed E-state index contributed by atoms with van der Waals surface area (Å²) in [6.45, 7) is 11.3. The van der Waals surface area contributed by atoms with Gasteiger partial charge < -0.3 is 14.5 Å². The Morgan fingerprint density at radius 1 is 1.35 bits per heavy atom. The van der Waals surface area contributed by atoms with Gasteiger partial charge in [0.05, 0.1) is 19.7 Å². The van der Waals surface area contributed by atoms with Gasteiger partial charge in [0.15, 0.2) is 0 Å². The lowest BCUT2D eigenvalue weighted by Gasteiger charge is -2.19. The number of methoxy groups -OCH3 is 1. The maximum Gasteiger partial charge on any atom is 0.118 e. The number of likely N-dealkylation sites (tertiary alicyclic amines) is 1. The number of nitrogens with one attached hydrogen (secondary N) is 1. The Morgan fingerprint density at radius 2 is 2.10 bits per heavy atom. The average molecular weight is 280 g/mol. The van der Waals surface area contributed by atoms with E-state index >= 15 is 0 Å². The van der Waals surface area contributed by atoms with E-state index in [0.29, 0.717) is 5.92 Å². The van der Waals surface area contributed by atoms with Crippen molar-refractivity contribution in [3.63, 3.8) is 0 Å². The molecule has 1 N–H and O–H groups in total. The van der Waals surface area contributed by atoms with E-state index in [1.54, 1.807) is 7.11 Å². The molecular weight excluding hydrogens is 252 g/mol. The lowest BCUT2D eigenvalue weighted by Crippen LogP contribution is -2.34. The molecule has 1 fully saturated rings. The number of furan rings is 1. The number of hydrogen-bond acceptors (Lipinski definition) is 4. The van der Waals surface area contributed by atoms with Crippen LogP contribution in [0.3, 0.4) is 0 Å². The van der Waals surface area contributed by atoms with E-state index < -0.39 is 0 Å². The standard InChI is InChI=1S/C16H28N2O2/c1-16(2,3)17-9-14-5-6-15(20-14)11-18-8-7-13(10-18)12-19-4/h5-6,13,17H,7-12H2,1-4H3. The fourth-order valence-electron chi connectivity index (χ4n) is 2.60. The Hall–Kier alpha value is -0.840. The lowest BCUT2D eigenvalue weighted by molar-refractivity contribution is 0.151. The summed E-state index contributed by atoms with van der Waals surface area (Å²) in [6.07, 6.45) is 1.23. The van der Waals surface area contributed by atoms with Gasteiger partial charge in [-0.25, -0.2) is 0 Å². The van der Waals surface area contributed by atoms with Crippen LogP contribution in [0.25, 0.3) is 0 Å². The van der Waals surface area contributed by atoms with Crippen LogP contribution in [0.2, 0.25) is 0 Å². The molecular formula is C16H28N2O2. The van der Waals surface area contributed by atoms with Gasteiger partial charge in [-0.3, -0.25) is 4.90 Å². The van der Waals surface area contributed by atoms with Crippen molar-refractivity contribution >= 4 is 0 Å². The highest BCUT2D eigenvalue weighted by Crippen LogP contribution is 2.20. The first-order valence-electron chi connectivity index (χ1n) is 7.50. The van der Waals surface area contributed by atoms with Gasteiger partial charge in [0.2, 0.25) is 0 Å². The summed E-state index contributed by atoms with van der Waals surface area (Å²) in [4.78, 5) is 2.45. The van der Waals surface area contributed by atoms with Gasteiger partial charge in [0.25, 0.3) is 0 Å². The van der Waals surface area contributed by atoms with Gasteiger partial charge >= 0.3 is 0 Å². The zero-order chi connectivity index (χ0) is 14.6. The molecule has 0 aromatic carbocycles. The lowest BCUT2D eigenvalue weighted by atomic mass is 10.1. The minimum atomic E-state index is 0.120. The predicted octanol–water partition coefficient (Wildman–Crippen LogP) is 2.64. The van der Waals surface area contributed by atoms with E-state index in [2.05, 4.69) is 43.1 Å². The normalized spacial score (nSPS) is 20.7. The summed E-state index contributed by atoms with van der Waals surface area (Å²) in [7, 11) is 1.78. The summed E-state index contributed by atoms with van der Waals surface area (Å²) >= 11 is 0. The molecule has 20 heavy (non-hydrogen) atoms. The fourth-order valence-corrected chi connectivity index (χ4v) is 2.60. The summed E-state index contributed by atoms with van der Waals surface area (Å²) < 4.78 is 11.1. The molecule has 2 heterocycles. The molecule has 0 saturated carbocycles. The average Bonchev–Trinajstić information content (AvgIpc) is 2.97. The van der Waals surface area contributed by atoms with Gasteiger partial charge in [-0.2, -0.15) is 0 Å². The van der Waals surface area contributed by atoms with Crippen molar-refractivity contribution in [2.45, 2.75) is 45.8 Å². The van der Waals surface area contributed by atoms with Crippen LogP contribution in [-0.2, 0) is 17.8 Å². The first-order chi connectivity index (χ1) is 9.46. The summed E-state index contributed by atoms with van der Waals surface area (Å²) in [5.74, 6) is 2.76. The molecule has 2 rings (SSSR count). The molecule has 0 aliphatic carbocycles. The van der Waals surface area contributed by atoms with Crippen LogP contribution in [0.5, 0.6) is 0 Å². The molecule has 4 heteroatoms. The molecule has 114 valence electrons. The van der Waals surface area contributed by atoms with Gasteiger partial charge in [0.1, 0.15) is 11.5 Å². The van der Waals surface area contributed by atoms with E-state index in [-0.39, 0.29) is 5.54 Å². The summed E-state index contributed by atoms with van der Waals surface area (Å²) in [5, 5.41) is 3.45. The minimum Gasteiger partial charge on any atom is -0.463 e. The highest BCUT2D eigenvalue weighted by atomic mass is 16.5. The largest absolute Gasteiger partial charge is 0.463 e. The first kappa shape index (κ1) is 15.5. The Labute approximate surface area is 122 Å². The van der Waals surface area contributed by atoms with Crippen molar-refractivity contribution in [1.82, 2.24) is 10.2 Å². The third-order valence-corrected chi connectivity index (χ3v) is 3.66. The SMILES string of the molecule is COCC1CCN(Cc2ccc(CNC(C)(C)C)o2)C1. The van der Waals surface area contributed by atoms with Crippen molar-refractivity contribution in [2.75, 3.05) is 26.8 Å². The summed E-state index contributed by atoms with van der Waals surface area (Å²) in [6, 6.07) is 4.18. The maximum atomic E-state index is 5.90. The number of hydrogen-bond donors (Lipinski definition) is 1. The monoisotopic (exact) mass is 280 g/mol. The first-order valence-corrected chi connectivity index (χ1v) is 7.50. The molecule has 1 unspecified atom stereocenters. The van der Waals surface area contributed by atoms with Crippen molar-refractivity contribution in [1.29, 1.82) is 0 Å². The fraction of sp³-hybridized carbons (Fsp3) is 0.750. The molecule has 0 spiro atoms. The highest BCUT2D eigenvalue weighted by Gasteiger charge is 2.23. The molecule has 1 aromatic heterocycles. The van der Waals surface area contributed by atoms with Crippen LogP contribution in [0, 0.1) is 5.92 Å². The van der Waals surface area contributed by atoms with Crippen LogP contribution in [-0.4, -0.2) is 37.2 Å². The van der Waals surface area contributed by atoms with Crippen molar-refractivity contribution in [2.24, 2.45) is 5.92 Å². The maximum absolute atomic E-state index is 5.90. The van der Waals surface area contributed by atoms with Crippen LogP contribution >= 0.6 is 0 Å². The third-order valence-electron chi connectivity index (χ3n) is 3.66. The summed E-state index contributed by atoms with van der Waals surface area (Å²) in [5.41, 5.74) is 0.120. The smallest absolute Gasteiger partial charge is 0.118 e. The van der Waals surface area contributed by atoms with Crippen LogP contribution < -0.4 is 5.32 Å². The molecule has 1 aromatic rings. The zero-order valence-corrected chi connectivity index (χ0v) is 13.2. The Morgan fingerprint density at radius 3 is 2.80 bits per heavy atom. The molecule has 0 radical (unpaired) electrons. The van der Waals surface area contributed by atoms with Gasteiger partial charge in [-0.15, -0.1) is 0 Å². The molecule has 1 saturated heterocycles. The van der Waals surface area contributed by atoms with E-state index in [1.807, 2.05) is 0 Å². The van der Waals surface area contributed by atoms with E-state index in [1.165, 1.54) is 6.42 Å². The topological polar surface area (TPSA) is 37.6 Å². The van der Waals surface area contributed by atoms with Gasteiger partial charge in [-0.05, 0) is 51.8 Å². The van der Waals surface area contributed by atoms with Gasteiger partial charge in [-0.1, -0.05) is 0 Å². The Kier molecular flexibility index (Phi) is 5.24. The number of nitrogens with zero attached hydrogens (tertiary/aromatic N) is 1. The van der Waals surface area contributed by atoms with E-state index in [4.69, 9.17) is 9.15 Å². The molecule has 1 aliphatic rings. The highest BCUT2D eigenvalue weighted by molar-refractivity contribution is 5.07. The molecule has 0 amide bonds. The third kappa shape index (κ3) is 4.93. The predicted molar refractivity (Wildman–Crippen MR) is 80.6 cm³/mol. The Balaban J connectivity index is 1.78. The van der Waals surface area contributed by atoms with E-state index in [0.717, 1.165) is 44.3 Å². The molecule has 1 atom stereocenters. The zero-order valence-electron chi connectivity index (χ0n) is 13.2. The molecule has 0 bridgehead atoms. The quantitative estimate of drug-likeness (QED) is 0.869. The van der Waals surface area contributed by atoms with Gasteiger partial charge in [0, 0.05) is 19.2 Å². The number of ether oxygens (including phenoxy) is 1. The van der Waals surface area contributed by atoms with Crippen LogP contribution in [0.1, 0.15) is 38.7 Å². The van der Waals surface area contributed by atoms with Crippen molar-refractivity contribution in [3.8, 4) is 0 Å². The van der Waals surface area contributed by atoms with E-state index in [9.17, 15) is 0 Å². The van der Waals surface area contributed by atoms with Crippen molar-refractivity contribution < 1.29 is 9.15 Å². The minimum absolute atomic E-state index is 0.120. The Bertz CT molecular complexity index is 409. The molecule has 1 aliphatic heterocycles.